The van der Waals surface area contributed by atoms with E-state index in [1.807, 2.05) is 39.0 Å². The maximum atomic E-state index is 12.3. The zero-order valence-electron chi connectivity index (χ0n) is 15.3. The number of nitrogens with zero attached hydrogens (tertiary/aromatic N) is 4. The molecule has 0 spiro atoms. The predicted octanol–water partition coefficient (Wildman–Crippen LogP) is 3.33. The van der Waals surface area contributed by atoms with Gasteiger partial charge in [-0.1, -0.05) is 0 Å². The zero-order valence-corrected chi connectivity index (χ0v) is 16.1. The molecule has 0 saturated carbocycles. The Bertz CT molecular complexity index is 871. The number of pyridine rings is 1. The summed E-state index contributed by atoms with van der Waals surface area (Å²) in [5, 5.41) is 10.5. The van der Waals surface area contributed by atoms with Crippen LogP contribution in [0.4, 0.5) is 0 Å². The number of thiazole rings is 1. The van der Waals surface area contributed by atoms with Crippen molar-refractivity contribution >= 4 is 17.2 Å². The van der Waals surface area contributed by atoms with E-state index in [-0.39, 0.29) is 11.9 Å². The number of carbonyl (C=O) groups excluding carboxylic acids is 1. The van der Waals surface area contributed by atoms with Crippen LogP contribution in [0, 0.1) is 13.8 Å². The smallest absolute Gasteiger partial charge is 0.244 e. The zero-order chi connectivity index (χ0) is 18.5. The number of aryl methyl sites for hydroxylation is 3. The van der Waals surface area contributed by atoms with Crippen molar-refractivity contribution < 1.29 is 4.79 Å². The van der Waals surface area contributed by atoms with E-state index in [4.69, 9.17) is 0 Å². The van der Waals surface area contributed by atoms with Gasteiger partial charge in [-0.25, -0.2) is 4.98 Å². The fourth-order valence-electron chi connectivity index (χ4n) is 2.83. The molecule has 26 heavy (non-hydrogen) atoms. The fraction of sp³-hybridized carbons (Fsp3) is 0.368. The highest BCUT2D eigenvalue weighted by molar-refractivity contribution is 7.09. The summed E-state index contributed by atoms with van der Waals surface area (Å²) in [5.74, 6) is -0.00665. The third-order valence-corrected chi connectivity index (χ3v) is 5.09. The van der Waals surface area contributed by atoms with Crippen molar-refractivity contribution in [2.24, 2.45) is 0 Å². The number of hydrogen-bond donors (Lipinski definition) is 1. The Labute approximate surface area is 157 Å². The van der Waals surface area contributed by atoms with Gasteiger partial charge in [0.15, 0.2) is 0 Å². The van der Waals surface area contributed by atoms with Crippen molar-refractivity contribution in [1.29, 1.82) is 0 Å². The molecule has 3 rings (SSSR count). The lowest BCUT2D eigenvalue weighted by Gasteiger charge is -2.14. The van der Waals surface area contributed by atoms with Gasteiger partial charge in [-0.2, -0.15) is 5.10 Å². The largest absolute Gasteiger partial charge is 0.354 e. The van der Waals surface area contributed by atoms with Gasteiger partial charge in [-0.3, -0.25) is 14.5 Å². The molecule has 0 aliphatic heterocycles. The van der Waals surface area contributed by atoms with Crippen molar-refractivity contribution in [2.45, 2.75) is 39.7 Å². The maximum Gasteiger partial charge on any atom is 0.244 e. The van der Waals surface area contributed by atoms with Crippen molar-refractivity contribution in [3.05, 3.63) is 52.4 Å². The average molecular weight is 369 g/mol. The molecule has 0 bridgehead atoms. The van der Waals surface area contributed by atoms with E-state index < -0.39 is 0 Å². The number of rotatable bonds is 7. The third-order valence-electron chi connectivity index (χ3n) is 4.19. The molecule has 6 nitrogen and oxygen atoms in total. The van der Waals surface area contributed by atoms with Gasteiger partial charge in [0.05, 0.1) is 16.4 Å². The Morgan fingerprint density at radius 2 is 2.08 bits per heavy atom. The van der Waals surface area contributed by atoms with E-state index in [1.165, 1.54) is 0 Å². The molecule has 7 heteroatoms. The van der Waals surface area contributed by atoms with Crippen molar-refractivity contribution in [3.63, 3.8) is 0 Å². The first kappa shape index (κ1) is 18.3. The van der Waals surface area contributed by atoms with E-state index in [0.29, 0.717) is 6.54 Å². The van der Waals surface area contributed by atoms with Gasteiger partial charge in [0.25, 0.3) is 0 Å². The van der Waals surface area contributed by atoms with Gasteiger partial charge in [0.1, 0.15) is 6.04 Å². The van der Waals surface area contributed by atoms with Crippen LogP contribution in [0.15, 0.2) is 36.0 Å². The monoisotopic (exact) mass is 369 g/mol. The molecule has 3 aromatic rings. The van der Waals surface area contributed by atoms with Crippen molar-refractivity contribution in [3.8, 4) is 11.3 Å². The second kappa shape index (κ2) is 8.23. The maximum absolute atomic E-state index is 12.3. The Hall–Kier alpha value is -2.54. The fourth-order valence-corrected chi connectivity index (χ4v) is 3.68. The Kier molecular flexibility index (Phi) is 5.78. The van der Waals surface area contributed by atoms with Gasteiger partial charge in [0.2, 0.25) is 5.91 Å². The van der Waals surface area contributed by atoms with Gasteiger partial charge in [0, 0.05) is 42.0 Å². The molecular weight excluding hydrogens is 346 g/mol. The van der Waals surface area contributed by atoms with E-state index >= 15 is 0 Å². The first-order valence-electron chi connectivity index (χ1n) is 8.70. The molecule has 0 fully saturated rings. The molecule has 3 heterocycles. The summed E-state index contributed by atoms with van der Waals surface area (Å²) >= 11 is 1.65. The van der Waals surface area contributed by atoms with E-state index in [2.05, 4.69) is 25.8 Å². The molecule has 3 aromatic heterocycles. The molecule has 136 valence electrons. The number of amides is 1. The summed E-state index contributed by atoms with van der Waals surface area (Å²) in [6.45, 7) is 6.40. The molecule has 0 aromatic carbocycles. The topological polar surface area (TPSA) is 72.7 Å². The normalized spacial score (nSPS) is 12.1. The molecule has 0 aliphatic rings. The van der Waals surface area contributed by atoms with Crippen LogP contribution in [0.25, 0.3) is 11.3 Å². The van der Waals surface area contributed by atoms with Gasteiger partial charge >= 0.3 is 0 Å². The molecule has 1 N–H and O–H groups in total. The number of nitrogens with one attached hydrogen (secondary N) is 1. The second-order valence-corrected chi connectivity index (χ2v) is 7.25. The van der Waals surface area contributed by atoms with Gasteiger partial charge < -0.3 is 5.32 Å². The molecule has 1 amide bonds. The van der Waals surface area contributed by atoms with Gasteiger partial charge in [-0.15, -0.1) is 11.3 Å². The Morgan fingerprint density at radius 1 is 1.31 bits per heavy atom. The lowest BCUT2D eigenvalue weighted by Crippen LogP contribution is -2.32. The van der Waals surface area contributed by atoms with Crippen LogP contribution in [-0.4, -0.2) is 32.2 Å². The van der Waals surface area contributed by atoms with Crippen molar-refractivity contribution in [1.82, 2.24) is 25.1 Å². The summed E-state index contributed by atoms with van der Waals surface area (Å²) in [5.41, 5.74) is 3.98. The summed E-state index contributed by atoms with van der Waals surface area (Å²) in [7, 11) is 0. The molecule has 0 saturated heterocycles. The first-order chi connectivity index (χ1) is 12.5. The highest BCUT2D eigenvalue weighted by Gasteiger charge is 2.17. The minimum absolute atomic E-state index is 0.00665. The van der Waals surface area contributed by atoms with Gasteiger partial charge in [-0.05, 0) is 45.4 Å². The molecule has 0 radical (unpaired) electrons. The van der Waals surface area contributed by atoms with E-state index in [9.17, 15) is 4.79 Å². The lowest BCUT2D eigenvalue weighted by molar-refractivity contribution is -0.124. The first-order valence-corrected chi connectivity index (χ1v) is 9.58. The third kappa shape index (κ3) is 4.35. The van der Waals surface area contributed by atoms with Crippen molar-refractivity contribution in [2.75, 3.05) is 6.54 Å². The average Bonchev–Trinajstić information content (AvgIpc) is 3.25. The standard InChI is InChI=1S/C19H23N5OS/c1-13-11-14(2)24(23-13)15(3)19(25)21-8-4-5-18-22-17(12-26-18)16-6-9-20-10-7-16/h6-7,9-12,15H,4-5,8H2,1-3H3,(H,21,25). The highest BCUT2D eigenvalue weighted by Crippen LogP contribution is 2.21. The van der Waals surface area contributed by atoms with Crippen LogP contribution in [0.5, 0.6) is 0 Å². The Balaban J connectivity index is 1.46. The summed E-state index contributed by atoms with van der Waals surface area (Å²) in [6.07, 6.45) is 5.25. The molecule has 1 atom stereocenters. The van der Waals surface area contributed by atoms with E-state index in [1.54, 1.807) is 28.4 Å². The quantitative estimate of drug-likeness (QED) is 0.649. The minimum atomic E-state index is -0.304. The summed E-state index contributed by atoms with van der Waals surface area (Å²) in [4.78, 5) is 21.0. The molecule has 0 aliphatic carbocycles. The van der Waals surface area contributed by atoms with Crippen LogP contribution in [0.1, 0.15) is 35.8 Å². The lowest BCUT2D eigenvalue weighted by atomic mass is 10.2. The van der Waals surface area contributed by atoms with Crippen LogP contribution < -0.4 is 5.32 Å². The Morgan fingerprint density at radius 3 is 2.77 bits per heavy atom. The van der Waals surface area contributed by atoms with Crippen LogP contribution in [-0.2, 0) is 11.2 Å². The van der Waals surface area contributed by atoms with Crippen LogP contribution in [0.2, 0.25) is 0 Å². The van der Waals surface area contributed by atoms with E-state index in [0.717, 1.165) is 40.5 Å². The number of aromatic nitrogens is 4. The SMILES string of the molecule is Cc1cc(C)n(C(C)C(=O)NCCCc2nc(-c3ccncc3)cs2)n1. The van der Waals surface area contributed by atoms with Crippen LogP contribution >= 0.6 is 11.3 Å². The predicted molar refractivity (Wildman–Crippen MR) is 103 cm³/mol. The molecule has 1 unspecified atom stereocenters. The minimum Gasteiger partial charge on any atom is -0.354 e. The number of hydrogen-bond acceptors (Lipinski definition) is 5. The van der Waals surface area contributed by atoms with Crippen LogP contribution in [0.3, 0.4) is 0 Å². The summed E-state index contributed by atoms with van der Waals surface area (Å²) in [6, 6.07) is 5.59. The summed E-state index contributed by atoms with van der Waals surface area (Å²) < 4.78 is 1.77. The number of carbonyl (C=O) groups is 1. The molecular formula is C19H23N5OS. The highest BCUT2D eigenvalue weighted by atomic mass is 32.1. The second-order valence-electron chi connectivity index (χ2n) is 6.30.